The van der Waals surface area contributed by atoms with Crippen molar-refractivity contribution in [3.63, 3.8) is 0 Å². The van der Waals surface area contributed by atoms with Crippen molar-refractivity contribution in [1.82, 2.24) is 5.32 Å². The zero-order valence-electron chi connectivity index (χ0n) is 10.2. The lowest BCUT2D eigenvalue weighted by atomic mass is 10.1. The number of aliphatic imine (C=N–C) groups is 1. The van der Waals surface area contributed by atoms with Gasteiger partial charge in [-0.1, -0.05) is 18.2 Å². The van der Waals surface area contributed by atoms with Crippen molar-refractivity contribution in [2.45, 2.75) is 18.9 Å². The average Bonchev–Trinajstić information content (AvgIpc) is 3.02. The summed E-state index contributed by atoms with van der Waals surface area (Å²) in [6, 6.07) is 6.96. The monoisotopic (exact) mass is 248 g/mol. The van der Waals surface area contributed by atoms with E-state index in [0.717, 1.165) is 31.0 Å². The van der Waals surface area contributed by atoms with Gasteiger partial charge in [-0.15, -0.1) is 0 Å². The van der Waals surface area contributed by atoms with Gasteiger partial charge in [-0.2, -0.15) is 0 Å². The third-order valence-electron chi connectivity index (χ3n) is 3.56. The van der Waals surface area contributed by atoms with E-state index < -0.39 is 0 Å². The molecule has 1 fully saturated rings. The molecule has 0 radical (unpaired) electrons. The Morgan fingerprint density at radius 2 is 2.28 bits per heavy atom. The van der Waals surface area contributed by atoms with Crippen molar-refractivity contribution in [2.24, 2.45) is 10.9 Å². The van der Waals surface area contributed by atoms with Crippen LogP contribution in [0.3, 0.4) is 0 Å². The summed E-state index contributed by atoms with van der Waals surface area (Å²) in [6.07, 6.45) is 1.71. The Balaban J connectivity index is 1.66. The Kier molecular flexibility index (Phi) is 3.28. The fourth-order valence-electron chi connectivity index (χ4n) is 2.55. The molecule has 0 bridgehead atoms. The summed E-state index contributed by atoms with van der Waals surface area (Å²) in [5.74, 6) is 1.13. The summed E-state index contributed by atoms with van der Waals surface area (Å²) in [7, 11) is 0. The molecule has 2 atom stereocenters. The molecule has 1 aromatic rings. The van der Waals surface area contributed by atoms with E-state index in [4.69, 9.17) is 4.74 Å². The van der Waals surface area contributed by atoms with Gasteiger partial charge in [-0.3, -0.25) is 0 Å². The van der Waals surface area contributed by atoms with Crippen LogP contribution in [0.1, 0.15) is 12.0 Å². The van der Waals surface area contributed by atoms with Gasteiger partial charge in [0.25, 0.3) is 0 Å². The molecule has 0 saturated carbocycles. The Bertz CT molecular complexity index is 455. The quantitative estimate of drug-likeness (QED) is 0.884. The predicted molar refractivity (Wildman–Crippen MR) is 68.3 cm³/mol. The first-order valence-corrected chi connectivity index (χ1v) is 6.47. The summed E-state index contributed by atoms with van der Waals surface area (Å²) >= 11 is 0. The van der Waals surface area contributed by atoms with E-state index in [-0.39, 0.29) is 11.9 Å². The van der Waals surface area contributed by atoms with Gasteiger partial charge >= 0.3 is 0 Å². The van der Waals surface area contributed by atoms with Crippen LogP contribution in [-0.4, -0.2) is 31.6 Å². The minimum atomic E-state index is -0.149. The molecule has 3 nitrogen and oxygen atoms in total. The zero-order valence-corrected chi connectivity index (χ0v) is 10.2. The van der Waals surface area contributed by atoms with Crippen LogP contribution in [-0.2, 0) is 11.2 Å². The van der Waals surface area contributed by atoms with E-state index in [0.29, 0.717) is 18.9 Å². The molecule has 2 aliphatic rings. The van der Waals surface area contributed by atoms with Gasteiger partial charge in [0.05, 0.1) is 6.04 Å². The molecule has 4 heteroatoms. The number of hydrogen-bond acceptors (Lipinski definition) is 3. The first-order valence-electron chi connectivity index (χ1n) is 6.47. The number of benzene rings is 1. The highest BCUT2D eigenvalue weighted by Gasteiger charge is 2.28. The molecule has 2 unspecified atom stereocenters. The molecule has 3 rings (SSSR count). The molecule has 0 spiro atoms. The smallest absolute Gasteiger partial charge is 0.188 e. The Morgan fingerprint density at radius 1 is 1.39 bits per heavy atom. The van der Waals surface area contributed by atoms with E-state index in [1.807, 2.05) is 12.1 Å². The molecular weight excluding hydrogens is 231 g/mol. The zero-order chi connectivity index (χ0) is 12.4. The van der Waals surface area contributed by atoms with Gasteiger partial charge in [0.2, 0.25) is 0 Å². The summed E-state index contributed by atoms with van der Waals surface area (Å²) < 4.78 is 19.2. The minimum Gasteiger partial charge on any atom is -0.478 e. The SMILES string of the molecule is Fc1ccccc1CC1COC(C2CCNC2)=N1. The normalized spacial score (nSPS) is 27.1. The van der Waals surface area contributed by atoms with E-state index in [9.17, 15) is 4.39 Å². The molecule has 0 aliphatic carbocycles. The number of ether oxygens (including phenoxy) is 1. The lowest BCUT2D eigenvalue weighted by molar-refractivity contribution is 0.298. The Labute approximate surface area is 106 Å². The molecule has 2 heterocycles. The van der Waals surface area contributed by atoms with Gasteiger partial charge in [-0.05, 0) is 24.6 Å². The standard InChI is InChI=1S/C14H17FN2O/c15-13-4-2-1-3-10(13)7-12-9-18-14(17-12)11-5-6-16-8-11/h1-4,11-12,16H,5-9H2. The fourth-order valence-corrected chi connectivity index (χ4v) is 2.55. The number of nitrogens with one attached hydrogen (secondary N) is 1. The lowest BCUT2D eigenvalue weighted by Gasteiger charge is -2.06. The lowest BCUT2D eigenvalue weighted by Crippen LogP contribution is -2.17. The highest BCUT2D eigenvalue weighted by Crippen LogP contribution is 2.20. The molecule has 18 heavy (non-hydrogen) atoms. The topological polar surface area (TPSA) is 33.6 Å². The van der Waals surface area contributed by atoms with E-state index in [2.05, 4.69) is 10.3 Å². The second kappa shape index (κ2) is 5.06. The van der Waals surface area contributed by atoms with Gasteiger partial charge in [-0.25, -0.2) is 9.38 Å². The third-order valence-corrected chi connectivity index (χ3v) is 3.56. The van der Waals surface area contributed by atoms with Crippen molar-refractivity contribution < 1.29 is 9.13 Å². The molecule has 1 saturated heterocycles. The third kappa shape index (κ3) is 2.38. The van der Waals surface area contributed by atoms with Crippen LogP contribution in [0.15, 0.2) is 29.3 Å². The first kappa shape index (κ1) is 11.7. The summed E-state index contributed by atoms with van der Waals surface area (Å²) in [4.78, 5) is 4.59. The molecule has 96 valence electrons. The summed E-state index contributed by atoms with van der Waals surface area (Å²) in [5.41, 5.74) is 0.723. The van der Waals surface area contributed by atoms with Crippen LogP contribution < -0.4 is 5.32 Å². The Hall–Kier alpha value is -1.42. The molecule has 0 amide bonds. The van der Waals surface area contributed by atoms with Crippen LogP contribution in [0.5, 0.6) is 0 Å². The van der Waals surface area contributed by atoms with Crippen molar-refractivity contribution >= 4 is 5.90 Å². The number of hydrogen-bond donors (Lipinski definition) is 1. The van der Waals surface area contributed by atoms with Crippen LogP contribution in [0.25, 0.3) is 0 Å². The van der Waals surface area contributed by atoms with E-state index >= 15 is 0 Å². The van der Waals surface area contributed by atoms with Gasteiger partial charge in [0.1, 0.15) is 12.4 Å². The number of nitrogens with zero attached hydrogens (tertiary/aromatic N) is 1. The number of rotatable bonds is 3. The van der Waals surface area contributed by atoms with Crippen molar-refractivity contribution in [2.75, 3.05) is 19.7 Å². The van der Waals surface area contributed by atoms with Crippen LogP contribution in [0, 0.1) is 11.7 Å². The second-order valence-electron chi connectivity index (χ2n) is 4.92. The summed E-state index contributed by atoms with van der Waals surface area (Å²) in [5, 5.41) is 3.30. The maximum absolute atomic E-state index is 13.5. The van der Waals surface area contributed by atoms with E-state index in [1.165, 1.54) is 6.07 Å². The van der Waals surface area contributed by atoms with Crippen molar-refractivity contribution in [3.05, 3.63) is 35.6 Å². The second-order valence-corrected chi connectivity index (χ2v) is 4.92. The van der Waals surface area contributed by atoms with Crippen LogP contribution in [0.4, 0.5) is 4.39 Å². The maximum Gasteiger partial charge on any atom is 0.188 e. The molecular formula is C14H17FN2O. The average molecular weight is 248 g/mol. The predicted octanol–water partition coefficient (Wildman–Crippen LogP) is 1.77. The highest BCUT2D eigenvalue weighted by molar-refractivity contribution is 5.80. The highest BCUT2D eigenvalue weighted by atomic mass is 19.1. The van der Waals surface area contributed by atoms with Gasteiger partial charge in [0, 0.05) is 18.9 Å². The van der Waals surface area contributed by atoms with Crippen LogP contribution >= 0.6 is 0 Å². The van der Waals surface area contributed by atoms with Gasteiger partial charge in [0.15, 0.2) is 5.90 Å². The molecule has 1 aromatic carbocycles. The Morgan fingerprint density at radius 3 is 3.06 bits per heavy atom. The summed E-state index contributed by atoms with van der Waals surface area (Å²) in [6.45, 7) is 2.57. The van der Waals surface area contributed by atoms with Crippen LogP contribution in [0.2, 0.25) is 0 Å². The molecule has 2 aliphatic heterocycles. The van der Waals surface area contributed by atoms with E-state index in [1.54, 1.807) is 6.07 Å². The largest absolute Gasteiger partial charge is 0.478 e. The number of halogens is 1. The fraction of sp³-hybridized carbons (Fsp3) is 0.500. The molecule has 1 N–H and O–H groups in total. The van der Waals surface area contributed by atoms with Gasteiger partial charge < -0.3 is 10.1 Å². The minimum absolute atomic E-state index is 0.0671. The maximum atomic E-state index is 13.5. The first-order chi connectivity index (χ1) is 8.83. The van der Waals surface area contributed by atoms with Crippen molar-refractivity contribution in [3.8, 4) is 0 Å². The van der Waals surface area contributed by atoms with Crippen molar-refractivity contribution in [1.29, 1.82) is 0 Å². The molecule has 0 aromatic heterocycles.